The van der Waals surface area contributed by atoms with E-state index >= 15 is 0 Å². The fourth-order valence-electron chi connectivity index (χ4n) is 1.83. The van der Waals surface area contributed by atoms with Crippen molar-refractivity contribution in [1.82, 2.24) is 15.1 Å². The quantitative estimate of drug-likeness (QED) is 0.933. The van der Waals surface area contributed by atoms with Gasteiger partial charge in [-0.15, -0.1) is 0 Å². The monoisotopic (exact) mass is 283 g/mol. The van der Waals surface area contributed by atoms with Gasteiger partial charge in [-0.05, 0) is 30.7 Å². The minimum atomic E-state index is 0.688. The summed E-state index contributed by atoms with van der Waals surface area (Å²) in [7, 11) is 1.92. The minimum absolute atomic E-state index is 0.688. The first-order valence-electron chi connectivity index (χ1n) is 5.70. The molecule has 1 aromatic carbocycles. The third-order valence-corrected chi connectivity index (χ3v) is 3.36. The maximum Gasteiger partial charge on any atom is 0.0638 e. The molecule has 18 heavy (non-hydrogen) atoms. The molecule has 5 heteroatoms. The van der Waals surface area contributed by atoms with Gasteiger partial charge in [-0.1, -0.05) is 23.2 Å². The number of hydrogen-bond acceptors (Lipinski definition) is 2. The number of benzene rings is 1. The molecule has 0 spiro atoms. The molecule has 1 heterocycles. The van der Waals surface area contributed by atoms with E-state index in [1.165, 1.54) is 5.56 Å². The lowest BCUT2D eigenvalue weighted by atomic mass is 10.2. The van der Waals surface area contributed by atoms with Crippen LogP contribution < -0.4 is 5.32 Å². The van der Waals surface area contributed by atoms with Crippen molar-refractivity contribution in [2.75, 3.05) is 0 Å². The second-order valence-electron chi connectivity index (χ2n) is 4.25. The summed E-state index contributed by atoms with van der Waals surface area (Å²) in [5, 5.41) is 9.08. The Morgan fingerprint density at radius 1 is 1.22 bits per heavy atom. The van der Waals surface area contributed by atoms with Crippen LogP contribution >= 0.6 is 23.2 Å². The Kier molecular flexibility index (Phi) is 4.27. The van der Waals surface area contributed by atoms with E-state index in [2.05, 4.69) is 10.4 Å². The van der Waals surface area contributed by atoms with E-state index in [4.69, 9.17) is 23.2 Å². The Morgan fingerprint density at radius 3 is 2.61 bits per heavy atom. The van der Waals surface area contributed by atoms with E-state index in [1.54, 1.807) is 6.07 Å². The van der Waals surface area contributed by atoms with Gasteiger partial charge < -0.3 is 5.32 Å². The maximum atomic E-state index is 6.10. The van der Waals surface area contributed by atoms with Crippen molar-refractivity contribution in [2.24, 2.45) is 7.05 Å². The minimum Gasteiger partial charge on any atom is -0.308 e. The molecule has 96 valence electrons. The first-order valence-corrected chi connectivity index (χ1v) is 6.45. The van der Waals surface area contributed by atoms with Gasteiger partial charge in [0.15, 0.2) is 0 Å². The molecule has 2 rings (SSSR count). The van der Waals surface area contributed by atoms with Gasteiger partial charge in [0.1, 0.15) is 0 Å². The first-order chi connectivity index (χ1) is 8.56. The van der Waals surface area contributed by atoms with Gasteiger partial charge in [0, 0.05) is 41.9 Å². The highest BCUT2D eigenvalue weighted by molar-refractivity contribution is 6.33. The van der Waals surface area contributed by atoms with Crippen LogP contribution in [-0.4, -0.2) is 9.78 Å². The van der Waals surface area contributed by atoms with Crippen molar-refractivity contribution >= 4 is 23.2 Å². The number of nitrogens with zero attached hydrogens (tertiary/aromatic N) is 2. The molecular weight excluding hydrogens is 269 g/mol. The largest absolute Gasteiger partial charge is 0.308 e. The molecule has 1 aromatic heterocycles. The summed E-state index contributed by atoms with van der Waals surface area (Å²) in [5.41, 5.74) is 3.24. The molecule has 0 radical (unpaired) electrons. The van der Waals surface area contributed by atoms with E-state index < -0.39 is 0 Å². The lowest BCUT2D eigenvalue weighted by molar-refractivity contribution is 0.690. The van der Waals surface area contributed by atoms with Crippen LogP contribution in [0, 0.1) is 6.92 Å². The molecule has 0 saturated heterocycles. The van der Waals surface area contributed by atoms with Crippen LogP contribution in [-0.2, 0) is 20.1 Å². The standard InChI is InChI=1S/C13H15Cl2N3/c1-9-11(8-18(2)17-9)7-16-6-10-5-12(14)3-4-13(10)15/h3-5,8,16H,6-7H2,1-2H3. The van der Waals surface area contributed by atoms with Gasteiger partial charge in [-0.3, -0.25) is 4.68 Å². The van der Waals surface area contributed by atoms with Crippen LogP contribution in [0.2, 0.25) is 10.0 Å². The van der Waals surface area contributed by atoms with Gasteiger partial charge in [-0.25, -0.2) is 0 Å². The second kappa shape index (κ2) is 5.74. The van der Waals surface area contributed by atoms with Crippen LogP contribution in [0.4, 0.5) is 0 Å². The molecular formula is C13H15Cl2N3. The highest BCUT2D eigenvalue weighted by atomic mass is 35.5. The summed E-state index contributed by atoms with van der Waals surface area (Å²) >= 11 is 12.0. The number of aromatic nitrogens is 2. The summed E-state index contributed by atoms with van der Waals surface area (Å²) in [6.07, 6.45) is 2.02. The smallest absolute Gasteiger partial charge is 0.0638 e. The number of hydrogen-bond donors (Lipinski definition) is 1. The Morgan fingerprint density at radius 2 is 1.94 bits per heavy atom. The molecule has 3 nitrogen and oxygen atoms in total. The normalized spacial score (nSPS) is 10.9. The first kappa shape index (κ1) is 13.4. The third-order valence-electron chi connectivity index (χ3n) is 2.75. The van der Waals surface area contributed by atoms with E-state index in [1.807, 2.05) is 37.0 Å². The zero-order valence-electron chi connectivity index (χ0n) is 10.4. The van der Waals surface area contributed by atoms with Crippen molar-refractivity contribution in [3.05, 3.63) is 51.3 Å². The maximum absolute atomic E-state index is 6.10. The molecule has 0 aliphatic heterocycles. The molecule has 2 aromatic rings. The molecule has 0 fully saturated rings. The van der Waals surface area contributed by atoms with Crippen molar-refractivity contribution in [2.45, 2.75) is 20.0 Å². The van der Waals surface area contributed by atoms with Crippen LogP contribution in [0.1, 0.15) is 16.8 Å². The zero-order chi connectivity index (χ0) is 13.1. The van der Waals surface area contributed by atoms with E-state index in [-0.39, 0.29) is 0 Å². The highest BCUT2D eigenvalue weighted by Gasteiger charge is 2.04. The zero-order valence-corrected chi connectivity index (χ0v) is 11.9. The summed E-state index contributed by atoms with van der Waals surface area (Å²) in [6.45, 7) is 3.46. The predicted molar refractivity (Wildman–Crippen MR) is 75.0 cm³/mol. The lowest BCUT2D eigenvalue weighted by Gasteiger charge is -2.06. The number of nitrogens with one attached hydrogen (secondary N) is 1. The Bertz CT molecular complexity index is 549. The number of halogens is 2. The van der Waals surface area contributed by atoms with E-state index in [0.29, 0.717) is 11.6 Å². The summed E-state index contributed by atoms with van der Waals surface area (Å²) in [5.74, 6) is 0. The molecule has 0 bridgehead atoms. The van der Waals surface area contributed by atoms with Crippen LogP contribution in [0.25, 0.3) is 0 Å². The van der Waals surface area contributed by atoms with E-state index in [0.717, 1.165) is 22.8 Å². The van der Waals surface area contributed by atoms with Gasteiger partial charge in [-0.2, -0.15) is 5.10 Å². The second-order valence-corrected chi connectivity index (χ2v) is 5.10. The topological polar surface area (TPSA) is 29.9 Å². The summed E-state index contributed by atoms with van der Waals surface area (Å²) in [6, 6.07) is 5.49. The van der Waals surface area contributed by atoms with Gasteiger partial charge in [0.25, 0.3) is 0 Å². The van der Waals surface area contributed by atoms with Crippen molar-refractivity contribution in [3.63, 3.8) is 0 Å². The van der Waals surface area contributed by atoms with Gasteiger partial charge in [0.2, 0.25) is 0 Å². The fourth-order valence-corrected chi connectivity index (χ4v) is 2.21. The lowest BCUT2D eigenvalue weighted by Crippen LogP contribution is -2.13. The SMILES string of the molecule is Cc1nn(C)cc1CNCc1cc(Cl)ccc1Cl. The van der Waals surface area contributed by atoms with E-state index in [9.17, 15) is 0 Å². The number of aryl methyl sites for hydroxylation is 2. The Hall–Kier alpha value is -1.03. The molecule has 0 aliphatic carbocycles. The molecule has 0 saturated carbocycles. The summed E-state index contributed by atoms with van der Waals surface area (Å²) in [4.78, 5) is 0. The van der Waals surface area contributed by atoms with Gasteiger partial charge in [0.05, 0.1) is 5.69 Å². The average Bonchev–Trinajstić information content (AvgIpc) is 2.62. The third kappa shape index (κ3) is 3.25. The predicted octanol–water partition coefficient (Wildman–Crippen LogP) is 3.33. The molecule has 0 atom stereocenters. The molecule has 1 N–H and O–H groups in total. The van der Waals surface area contributed by atoms with Crippen molar-refractivity contribution in [1.29, 1.82) is 0 Å². The number of rotatable bonds is 4. The molecule has 0 amide bonds. The Labute approximate surface area is 117 Å². The highest BCUT2D eigenvalue weighted by Crippen LogP contribution is 2.20. The van der Waals surface area contributed by atoms with Crippen molar-refractivity contribution < 1.29 is 0 Å². The Balaban J connectivity index is 1.96. The fraction of sp³-hybridized carbons (Fsp3) is 0.308. The van der Waals surface area contributed by atoms with Crippen LogP contribution in [0.3, 0.4) is 0 Å². The summed E-state index contributed by atoms with van der Waals surface area (Å²) < 4.78 is 1.82. The van der Waals surface area contributed by atoms with Crippen LogP contribution in [0.5, 0.6) is 0 Å². The molecule has 0 unspecified atom stereocenters. The average molecular weight is 284 g/mol. The van der Waals surface area contributed by atoms with Crippen LogP contribution in [0.15, 0.2) is 24.4 Å². The van der Waals surface area contributed by atoms with Crippen molar-refractivity contribution in [3.8, 4) is 0 Å². The van der Waals surface area contributed by atoms with Gasteiger partial charge >= 0.3 is 0 Å². The molecule has 0 aliphatic rings.